The van der Waals surface area contributed by atoms with E-state index >= 15 is 0 Å². The third-order valence-electron chi connectivity index (χ3n) is 3.17. The molecule has 1 aliphatic rings. The molecule has 0 aromatic rings. The summed E-state index contributed by atoms with van der Waals surface area (Å²) >= 11 is 0. The van der Waals surface area contributed by atoms with Crippen LogP contribution in [0.5, 0.6) is 0 Å². The highest BCUT2D eigenvalue weighted by molar-refractivity contribution is 5.79. The first-order valence-electron chi connectivity index (χ1n) is 6.13. The Labute approximate surface area is 107 Å². The molecule has 0 unspecified atom stereocenters. The Balaban J connectivity index is 2.25. The Bertz CT molecular complexity index is 294. The number of likely N-dealkylation sites (tertiary alicyclic amines) is 1. The number of ether oxygens (including phenoxy) is 2. The molecule has 1 aliphatic heterocycles. The molecule has 1 fully saturated rings. The first kappa shape index (κ1) is 14.9. The van der Waals surface area contributed by atoms with E-state index in [4.69, 9.17) is 14.6 Å². The predicted molar refractivity (Wildman–Crippen MR) is 64.2 cm³/mol. The van der Waals surface area contributed by atoms with Crippen molar-refractivity contribution in [3.8, 4) is 0 Å². The van der Waals surface area contributed by atoms with E-state index < -0.39 is 11.9 Å². The molecule has 0 saturated carbocycles. The first-order valence-corrected chi connectivity index (χ1v) is 6.13. The second-order valence-corrected chi connectivity index (χ2v) is 4.58. The van der Waals surface area contributed by atoms with Crippen LogP contribution in [-0.4, -0.2) is 61.9 Å². The van der Waals surface area contributed by atoms with Crippen LogP contribution in [0.2, 0.25) is 0 Å². The van der Waals surface area contributed by atoms with E-state index in [1.54, 1.807) is 12.0 Å². The quantitative estimate of drug-likeness (QED) is 0.662. The van der Waals surface area contributed by atoms with Crippen molar-refractivity contribution in [3.63, 3.8) is 0 Å². The topological polar surface area (TPSA) is 76.1 Å². The summed E-state index contributed by atoms with van der Waals surface area (Å²) in [7, 11) is 1.59. The van der Waals surface area contributed by atoms with E-state index in [1.807, 2.05) is 6.92 Å². The molecule has 18 heavy (non-hydrogen) atoms. The fourth-order valence-electron chi connectivity index (χ4n) is 2.05. The Morgan fingerprint density at radius 3 is 2.56 bits per heavy atom. The summed E-state index contributed by atoms with van der Waals surface area (Å²) in [6.45, 7) is 4.03. The van der Waals surface area contributed by atoms with Gasteiger partial charge < -0.3 is 19.5 Å². The number of nitrogens with zero attached hydrogens (tertiary/aromatic N) is 1. The van der Waals surface area contributed by atoms with Gasteiger partial charge in [-0.2, -0.15) is 0 Å². The van der Waals surface area contributed by atoms with Gasteiger partial charge >= 0.3 is 5.97 Å². The number of carboxylic acid groups (broad SMARTS) is 1. The first-order chi connectivity index (χ1) is 8.56. The molecule has 1 heterocycles. The lowest BCUT2D eigenvalue weighted by molar-refractivity contribution is -0.142. The number of rotatable bonds is 7. The number of hydrogen-bond acceptors (Lipinski definition) is 4. The summed E-state index contributed by atoms with van der Waals surface area (Å²) in [5, 5.41) is 8.98. The minimum absolute atomic E-state index is 0.0147. The van der Waals surface area contributed by atoms with E-state index in [0.717, 1.165) is 0 Å². The van der Waals surface area contributed by atoms with Crippen LogP contribution in [-0.2, 0) is 19.1 Å². The van der Waals surface area contributed by atoms with Crippen LogP contribution < -0.4 is 0 Å². The molecule has 104 valence electrons. The second-order valence-electron chi connectivity index (χ2n) is 4.58. The van der Waals surface area contributed by atoms with Crippen molar-refractivity contribution in [2.45, 2.75) is 13.3 Å². The minimum atomic E-state index is -0.825. The van der Waals surface area contributed by atoms with Gasteiger partial charge in [0.05, 0.1) is 32.2 Å². The van der Waals surface area contributed by atoms with Gasteiger partial charge in [-0.15, -0.1) is 0 Å². The number of carbonyl (C=O) groups is 2. The Hall–Kier alpha value is -1.14. The number of aliphatic carboxylic acids is 1. The molecule has 1 rings (SSSR count). The number of methoxy groups -OCH3 is 1. The number of hydrogen-bond donors (Lipinski definition) is 1. The molecule has 0 aliphatic carbocycles. The molecule has 0 spiro atoms. The number of carboxylic acids is 1. The van der Waals surface area contributed by atoms with Crippen LogP contribution in [0.1, 0.15) is 13.3 Å². The summed E-state index contributed by atoms with van der Waals surface area (Å²) < 4.78 is 10.0. The van der Waals surface area contributed by atoms with E-state index in [1.165, 1.54) is 0 Å². The van der Waals surface area contributed by atoms with E-state index in [9.17, 15) is 9.59 Å². The lowest BCUT2D eigenvalue weighted by Gasteiger charge is -2.15. The van der Waals surface area contributed by atoms with Gasteiger partial charge in [0.1, 0.15) is 0 Å². The molecule has 1 amide bonds. The largest absolute Gasteiger partial charge is 0.481 e. The third-order valence-corrected chi connectivity index (χ3v) is 3.17. The summed E-state index contributed by atoms with van der Waals surface area (Å²) in [5.41, 5.74) is 0. The van der Waals surface area contributed by atoms with E-state index in [-0.39, 0.29) is 11.8 Å². The van der Waals surface area contributed by atoms with Crippen molar-refractivity contribution >= 4 is 11.9 Å². The SMILES string of the molecule is COCCOCCC(=O)N1C[C@@H](C)[C@H](C(=O)O)C1. The van der Waals surface area contributed by atoms with Crippen LogP contribution in [0.15, 0.2) is 0 Å². The van der Waals surface area contributed by atoms with Crippen LogP contribution in [0, 0.1) is 11.8 Å². The van der Waals surface area contributed by atoms with Crippen LogP contribution in [0.3, 0.4) is 0 Å². The zero-order chi connectivity index (χ0) is 13.5. The zero-order valence-electron chi connectivity index (χ0n) is 10.9. The molecule has 6 heteroatoms. The molecule has 2 atom stereocenters. The smallest absolute Gasteiger partial charge is 0.308 e. The fourth-order valence-corrected chi connectivity index (χ4v) is 2.05. The summed E-state index contributed by atoms with van der Waals surface area (Å²) in [5.74, 6) is -1.29. The molecule has 6 nitrogen and oxygen atoms in total. The Morgan fingerprint density at radius 2 is 2.00 bits per heavy atom. The van der Waals surface area contributed by atoms with Crippen LogP contribution >= 0.6 is 0 Å². The monoisotopic (exact) mass is 259 g/mol. The van der Waals surface area contributed by atoms with Gasteiger partial charge in [-0.05, 0) is 5.92 Å². The summed E-state index contributed by atoms with van der Waals surface area (Å²) in [4.78, 5) is 24.4. The molecule has 1 N–H and O–H groups in total. The molecular formula is C12H21NO5. The van der Waals surface area contributed by atoms with Crippen molar-refractivity contribution < 1.29 is 24.2 Å². The second kappa shape index (κ2) is 7.33. The average Bonchev–Trinajstić information content (AvgIpc) is 2.71. The highest BCUT2D eigenvalue weighted by Gasteiger charge is 2.36. The maximum absolute atomic E-state index is 11.8. The van der Waals surface area contributed by atoms with Crippen molar-refractivity contribution in [1.82, 2.24) is 4.90 Å². The zero-order valence-corrected chi connectivity index (χ0v) is 10.9. The Morgan fingerprint density at radius 1 is 1.28 bits per heavy atom. The number of carbonyl (C=O) groups excluding carboxylic acids is 1. The van der Waals surface area contributed by atoms with Crippen molar-refractivity contribution in [1.29, 1.82) is 0 Å². The third kappa shape index (κ3) is 4.27. The molecule has 1 saturated heterocycles. The van der Waals surface area contributed by atoms with Gasteiger partial charge in [0, 0.05) is 20.2 Å². The maximum atomic E-state index is 11.8. The van der Waals surface area contributed by atoms with Gasteiger partial charge in [0.2, 0.25) is 5.91 Å². The maximum Gasteiger partial charge on any atom is 0.308 e. The highest BCUT2D eigenvalue weighted by Crippen LogP contribution is 2.23. The van der Waals surface area contributed by atoms with Crippen molar-refractivity contribution in [2.24, 2.45) is 11.8 Å². The Kier molecular flexibility index (Phi) is 6.07. The van der Waals surface area contributed by atoms with Gasteiger partial charge in [-0.3, -0.25) is 9.59 Å². The van der Waals surface area contributed by atoms with E-state index in [2.05, 4.69) is 0 Å². The van der Waals surface area contributed by atoms with Gasteiger partial charge in [-0.1, -0.05) is 6.92 Å². The van der Waals surface area contributed by atoms with Gasteiger partial charge in [0.25, 0.3) is 0 Å². The lowest BCUT2D eigenvalue weighted by Crippen LogP contribution is -2.30. The molecule has 0 radical (unpaired) electrons. The van der Waals surface area contributed by atoms with Crippen LogP contribution in [0.25, 0.3) is 0 Å². The van der Waals surface area contributed by atoms with E-state index in [0.29, 0.717) is 39.3 Å². The predicted octanol–water partition coefficient (Wildman–Crippen LogP) is 0.219. The molecular weight excluding hydrogens is 238 g/mol. The molecule has 0 aromatic carbocycles. The van der Waals surface area contributed by atoms with Crippen molar-refractivity contribution in [2.75, 3.05) is 40.0 Å². The number of amides is 1. The van der Waals surface area contributed by atoms with Crippen LogP contribution in [0.4, 0.5) is 0 Å². The normalized spacial score (nSPS) is 23.3. The van der Waals surface area contributed by atoms with Gasteiger partial charge in [0.15, 0.2) is 0 Å². The fraction of sp³-hybridized carbons (Fsp3) is 0.833. The lowest BCUT2D eigenvalue weighted by atomic mass is 9.99. The summed E-state index contributed by atoms with van der Waals surface area (Å²) in [6.07, 6.45) is 0.294. The summed E-state index contributed by atoms with van der Waals surface area (Å²) in [6, 6.07) is 0. The average molecular weight is 259 g/mol. The van der Waals surface area contributed by atoms with Gasteiger partial charge in [-0.25, -0.2) is 0 Å². The molecule has 0 aromatic heterocycles. The highest BCUT2D eigenvalue weighted by atomic mass is 16.5. The van der Waals surface area contributed by atoms with Crippen molar-refractivity contribution in [3.05, 3.63) is 0 Å². The standard InChI is InChI=1S/C12H21NO5/c1-9-7-13(8-10(9)12(15)16)11(14)3-4-18-6-5-17-2/h9-10H,3-8H2,1-2H3,(H,15,16)/t9-,10-/m1/s1. The molecule has 0 bridgehead atoms. The minimum Gasteiger partial charge on any atom is -0.481 e.